The fourth-order valence-corrected chi connectivity index (χ4v) is 6.39. The highest BCUT2D eigenvalue weighted by Crippen LogP contribution is 2.58. The molecule has 1 fully saturated rings. The van der Waals surface area contributed by atoms with Gasteiger partial charge in [0.05, 0.1) is 20.7 Å². The summed E-state index contributed by atoms with van der Waals surface area (Å²) in [5.74, 6) is -0.465. The number of amides is 2. The average molecular weight is 597 g/mol. The number of hydrogen-bond donors (Lipinski definition) is 2. The third-order valence-electron chi connectivity index (χ3n) is 7.99. The van der Waals surface area contributed by atoms with Crippen LogP contribution in [0.4, 0.5) is 0 Å². The van der Waals surface area contributed by atoms with Crippen LogP contribution in [0.15, 0.2) is 60.0 Å². The van der Waals surface area contributed by atoms with Crippen LogP contribution in [-0.4, -0.2) is 32.6 Å². The van der Waals surface area contributed by atoms with E-state index >= 15 is 0 Å². The molecule has 5 rings (SSSR count). The Hall–Kier alpha value is -3.20. The Bertz CT molecular complexity index is 1550. The van der Waals surface area contributed by atoms with Gasteiger partial charge in [-0.1, -0.05) is 67.4 Å². The first-order valence-electron chi connectivity index (χ1n) is 13.1. The van der Waals surface area contributed by atoms with Crippen molar-refractivity contribution in [2.75, 3.05) is 0 Å². The van der Waals surface area contributed by atoms with Gasteiger partial charge in [0.2, 0.25) is 11.8 Å². The molecule has 3 atom stereocenters. The van der Waals surface area contributed by atoms with E-state index in [0.717, 1.165) is 39.8 Å². The van der Waals surface area contributed by atoms with Gasteiger partial charge in [0, 0.05) is 29.8 Å². The van der Waals surface area contributed by atoms with E-state index in [4.69, 9.17) is 34.0 Å². The molecular weight excluding hydrogens is 565 g/mol. The van der Waals surface area contributed by atoms with Crippen LogP contribution in [-0.2, 0) is 16.0 Å². The van der Waals surface area contributed by atoms with Gasteiger partial charge in [-0.2, -0.15) is 5.10 Å². The molecule has 2 aromatic heterocycles. The molecule has 0 bridgehead atoms. The number of benzene rings is 2. The van der Waals surface area contributed by atoms with Crippen LogP contribution in [0.2, 0.25) is 10.0 Å². The van der Waals surface area contributed by atoms with E-state index in [2.05, 4.69) is 30.2 Å². The van der Waals surface area contributed by atoms with E-state index in [1.807, 2.05) is 59.5 Å². The van der Waals surface area contributed by atoms with Crippen molar-refractivity contribution >= 4 is 46.4 Å². The topological polar surface area (TPSA) is 103 Å². The second kappa shape index (κ2) is 11.4. The maximum atomic E-state index is 13.1. The molecule has 1 aliphatic rings. The molecular formula is C30H31Cl2N5O2S. The van der Waals surface area contributed by atoms with Crippen LogP contribution >= 0.6 is 34.5 Å². The summed E-state index contributed by atoms with van der Waals surface area (Å²) in [6, 6.07) is 16.3. The zero-order valence-corrected chi connectivity index (χ0v) is 24.9. The monoisotopic (exact) mass is 595 g/mol. The number of aromatic nitrogens is 3. The number of halogens is 2. The van der Waals surface area contributed by atoms with Crippen LogP contribution in [0.1, 0.15) is 48.9 Å². The molecule has 2 heterocycles. The first-order valence-corrected chi connectivity index (χ1v) is 14.8. The third kappa shape index (κ3) is 5.80. The van der Waals surface area contributed by atoms with Crippen molar-refractivity contribution < 1.29 is 9.59 Å². The summed E-state index contributed by atoms with van der Waals surface area (Å²) >= 11 is 14.1. The molecule has 40 heavy (non-hydrogen) atoms. The normalized spacial score (nSPS) is 18.6. The lowest BCUT2D eigenvalue weighted by Gasteiger charge is -2.52. The van der Waals surface area contributed by atoms with Gasteiger partial charge in [0.25, 0.3) is 0 Å². The summed E-state index contributed by atoms with van der Waals surface area (Å²) in [6.07, 6.45) is 1.46. The lowest BCUT2D eigenvalue weighted by Crippen LogP contribution is -2.49. The molecule has 0 unspecified atom stereocenters. The summed E-state index contributed by atoms with van der Waals surface area (Å²) in [6.45, 7) is 6.32. The minimum Gasteiger partial charge on any atom is -0.368 e. The SMILES string of the molecule is Cc1nc(-c2cc([C@H]3C[C@H](CC(=O)N[C@@H](Cc4ccccc4)C(N)=O)C3(C)C)n(-c3ccc(Cl)c(Cl)c3)n2)cs1. The summed E-state index contributed by atoms with van der Waals surface area (Å²) in [5.41, 5.74) is 9.80. The highest BCUT2D eigenvalue weighted by atomic mass is 35.5. The number of carbonyl (C=O) groups excluding carboxylic acids is 2. The smallest absolute Gasteiger partial charge is 0.240 e. The van der Waals surface area contributed by atoms with Gasteiger partial charge in [-0.25, -0.2) is 9.67 Å². The van der Waals surface area contributed by atoms with Crippen LogP contribution in [0.5, 0.6) is 0 Å². The molecule has 0 radical (unpaired) electrons. The first kappa shape index (κ1) is 28.3. The van der Waals surface area contributed by atoms with E-state index in [-0.39, 0.29) is 23.2 Å². The number of nitrogens with zero attached hydrogens (tertiary/aromatic N) is 3. The first-order chi connectivity index (χ1) is 19.0. The standard InChI is InChI=1S/C30H31Cl2N5O2S/c1-17-34-26(16-40-17)24-15-27(37(36-24)20-9-10-22(31)23(32)14-20)21-12-19(30(21,2)3)13-28(38)35-25(29(33)39)11-18-7-5-4-6-8-18/h4-10,14-16,19,21,25H,11-13H2,1-3H3,(H2,33,39)(H,35,38)/t19-,21-,25+/m1/s1. The van der Waals surface area contributed by atoms with Crippen molar-refractivity contribution in [2.45, 2.75) is 52.0 Å². The number of carbonyl (C=O) groups is 2. The number of rotatable bonds is 9. The summed E-state index contributed by atoms with van der Waals surface area (Å²) in [4.78, 5) is 29.8. The Labute approximate surface area is 247 Å². The summed E-state index contributed by atoms with van der Waals surface area (Å²) in [5, 5.41) is 11.7. The van der Waals surface area contributed by atoms with E-state index in [9.17, 15) is 9.59 Å². The van der Waals surface area contributed by atoms with Crippen LogP contribution in [0, 0.1) is 18.3 Å². The zero-order chi connectivity index (χ0) is 28.6. The number of thiazole rings is 1. The fraction of sp³-hybridized carbons (Fsp3) is 0.333. The molecule has 2 aromatic carbocycles. The van der Waals surface area contributed by atoms with Crippen LogP contribution in [0.25, 0.3) is 17.1 Å². The second-order valence-corrected chi connectivity index (χ2v) is 12.8. The average Bonchev–Trinajstić information content (AvgIpc) is 3.54. The minimum absolute atomic E-state index is 0.116. The number of primary amides is 1. The predicted molar refractivity (Wildman–Crippen MR) is 160 cm³/mol. The molecule has 3 N–H and O–H groups in total. The Morgan fingerprint density at radius 3 is 2.50 bits per heavy atom. The Balaban J connectivity index is 1.35. The van der Waals surface area contributed by atoms with E-state index in [0.29, 0.717) is 22.9 Å². The number of nitrogens with two attached hydrogens (primary N) is 1. The Morgan fingerprint density at radius 2 is 1.88 bits per heavy atom. The maximum absolute atomic E-state index is 13.1. The van der Waals surface area contributed by atoms with Gasteiger partial charge in [-0.3, -0.25) is 9.59 Å². The van der Waals surface area contributed by atoms with Crippen molar-refractivity contribution in [3.05, 3.63) is 86.3 Å². The minimum atomic E-state index is -0.755. The summed E-state index contributed by atoms with van der Waals surface area (Å²) < 4.78 is 1.91. The summed E-state index contributed by atoms with van der Waals surface area (Å²) in [7, 11) is 0. The van der Waals surface area contributed by atoms with Crippen molar-refractivity contribution in [3.8, 4) is 17.1 Å². The van der Waals surface area contributed by atoms with Gasteiger partial charge in [0.15, 0.2) is 0 Å². The second-order valence-electron chi connectivity index (χ2n) is 10.9. The molecule has 208 valence electrons. The molecule has 1 aliphatic carbocycles. The predicted octanol–water partition coefficient (Wildman–Crippen LogP) is 6.34. The van der Waals surface area contributed by atoms with Gasteiger partial charge >= 0.3 is 0 Å². The fourth-order valence-electron chi connectivity index (χ4n) is 5.49. The van der Waals surface area contributed by atoms with Gasteiger partial charge in [-0.05, 0) is 54.5 Å². The van der Waals surface area contributed by atoms with E-state index < -0.39 is 11.9 Å². The third-order valence-corrected chi connectivity index (χ3v) is 9.50. The van der Waals surface area contributed by atoms with Crippen LogP contribution in [0.3, 0.4) is 0 Å². The molecule has 2 amide bonds. The lowest BCUT2D eigenvalue weighted by atomic mass is 9.52. The number of aryl methyl sites for hydroxylation is 1. The quantitative estimate of drug-likeness (QED) is 0.235. The van der Waals surface area contributed by atoms with Crippen molar-refractivity contribution in [1.82, 2.24) is 20.1 Å². The largest absolute Gasteiger partial charge is 0.368 e. The lowest BCUT2D eigenvalue weighted by molar-refractivity contribution is -0.130. The highest BCUT2D eigenvalue weighted by molar-refractivity contribution is 7.09. The van der Waals surface area contributed by atoms with E-state index in [1.165, 1.54) is 0 Å². The molecule has 10 heteroatoms. The van der Waals surface area contributed by atoms with Crippen molar-refractivity contribution in [2.24, 2.45) is 17.1 Å². The highest BCUT2D eigenvalue weighted by Gasteiger charge is 2.50. The van der Waals surface area contributed by atoms with Gasteiger partial charge < -0.3 is 11.1 Å². The van der Waals surface area contributed by atoms with Crippen LogP contribution < -0.4 is 11.1 Å². The van der Waals surface area contributed by atoms with Gasteiger partial charge in [-0.15, -0.1) is 11.3 Å². The van der Waals surface area contributed by atoms with Crippen molar-refractivity contribution in [3.63, 3.8) is 0 Å². The molecule has 7 nitrogen and oxygen atoms in total. The van der Waals surface area contributed by atoms with Gasteiger partial charge in [0.1, 0.15) is 17.4 Å². The molecule has 4 aromatic rings. The van der Waals surface area contributed by atoms with Crippen molar-refractivity contribution in [1.29, 1.82) is 0 Å². The Morgan fingerprint density at radius 1 is 1.12 bits per heavy atom. The molecule has 1 saturated carbocycles. The molecule has 0 saturated heterocycles. The maximum Gasteiger partial charge on any atom is 0.240 e. The molecule has 0 aliphatic heterocycles. The zero-order valence-electron chi connectivity index (χ0n) is 22.5. The Kier molecular flexibility index (Phi) is 8.04. The molecule has 0 spiro atoms. The number of nitrogens with one attached hydrogen (secondary N) is 1. The van der Waals surface area contributed by atoms with E-state index in [1.54, 1.807) is 17.4 Å². The number of hydrogen-bond acceptors (Lipinski definition) is 5.